The van der Waals surface area contributed by atoms with E-state index in [0.29, 0.717) is 0 Å². The Hall–Kier alpha value is -2.12. The van der Waals surface area contributed by atoms with E-state index in [1.165, 1.54) is 10.8 Å². The predicted octanol–water partition coefficient (Wildman–Crippen LogP) is 2.66. The lowest BCUT2D eigenvalue weighted by Gasteiger charge is -2.21. The number of aromatic nitrogens is 4. The van der Waals surface area contributed by atoms with Crippen LogP contribution in [0.5, 0.6) is 0 Å². The summed E-state index contributed by atoms with van der Waals surface area (Å²) in [7, 11) is 0. The molecule has 1 unspecified atom stereocenters. The van der Waals surface area contributed by atoms with Gasteiger partial charge in [0.05, 0.1) is 0 Å². The van der Waals surface area contributed by atoms with E-state index in [-0.39, 0.29) is 17.6 Å². The van der Waals surface area contributed by atoms with Crippen LogP contribution < -0.4 is 5.32 Å². The van der Waals surface area contributed by atoms with Crippen LogP contribution in [0.15, 0.2) is 24.5 Å². The van der Waals surface area contributed by atoms with Crippen molar-refractivity contribution in [3.63, 3.8) is 0 Å². The van der Waals surface area contributed by atoms with Crippen LogP contribution in [0.2, 0.25) is 0 Å². The summed E-state index contributed by atoms with van der Waals surface area (Å²) in [5, 5.41) is 6.99. The monoisotopic (exact) mass is 283 g/mol. The Morgan fingerprint density at radius 1 is 1.30 bits per heavy atom. The standard InChI is InChI=1S/C12H12F3N5/c13-12(14,15)9-6-10(18-8-4-2-1-3-5-8)20-11(19-9)16-7-17-20/h1-2,6-8,18H,3-5H2. The Bertz CT molecular complexity index is 646. The number of alkyl halides is 3. The number of hydrogen-bond acceptors (Lipinski definition) is 4. The predicted molar refractivity (Wildman–Crippen MR) is 66.2 cm³/mol. The lowest BCUT2D eigenvalue weighted by atomic mass is 10.0. The molecule has 3 rings (SSSR count). The Labute approximate surface area is 112 Å². The zero-order chi connectivity index (χ0) is 14.2. The minimum atomic E-state index is -4.50. The van der Waals surface area contributed by atoms with Gasteiger partial charge in [-0.05, 0) is 19.3 Å². The minimum absolute atomic E-state index is 0.0614. The number of fused-ring (bicyclic) bond motifs is 1. The van der Waals surface area contributed by atoms with Gasteiger partial charge in [-0.2, -0.15) is 27.8 Å². The maximum absolute atomic E-state index is 12.8. The molecule has 0 amide bonds. The number of nitrogens with zero attached hydrogens (tertiary/aromatic N) is 4. The fourth-order valence-electron chi connectivity index (χ4n) is 2.19. The van der Waals surface area contributed by atoms with Crippen molar-refractivity contribution in [1.82, 2.24) is 19.6 Å². The van der Waals surface area contributed by atoms with Gasteiger partial charge in [0.1, 0.15) is 12.1 Å². The van der Waals surface area contributed by atoms with Gasteiger partial charge in [-0.3, -0.25) is 0 Å². The Morgan fingerprint density at radius 2 is 2.15 bits per heavy atom. The average molecular weight is 283 g/mol. The molecule has 2 heterocycles. The molecule has 20 heavy (non-hydrogen) atoms. The largest absolute Gasteiger partial charge is 0.433 e. The van der Waals surface area contributed by atoms with Crippen LogP contribution in [0.25, 0.3) is 5.78 Å². The SMILES string of the molecule is FC(F)(F)c1cc(NC2CC=CCC2)n2ncnc2n1. The van der Waals surface area contributed by atoms with Crippen LogP contribution in [0.4, 0.5) is 19.0 Å². The van der Waals surface area contributed by atoms with E-state index in [4.69, 9.17) is 0 Å². The number of halogens is 3. The molecule has 0 fully saturated rings. The van der Waals surface area contributed by atoms with E-state index in [0.717, 1.165) is 25.3 Å². The molecule has 1 N–H and O–H groups in total. The van der Waals surface area contributed by atoms with Crippen molar-refractivity contribution in [2.24, 2.45) is 0 Å². The lowest BCUT2D eigenvalue weighted by Crippen LogP contribution is -2.23. The quantitative estimate of drug-likeness (QED) is 0.861. The van der Waals surface area contributed by atoms with Crippen LogP contribution in [-0.4, -0.2) is 25.6 Å². The first kappa shape index (κ1) is 12.9. The second kappa shape index (κ2) is 4.77. The highest BCUT2D eigenvalue weighted by molar-refractivity contribution is 5.46. The molecule has 8 heteroatoms. The van der Waals surface area contributed by atoms with E-state index in [1.807, 2.05) is 6.08 Å². The van der Waals surface area contributed by atoms with Crippen molar-refractivity contribution in [2.45, 2.75) is 31.5 Å². The van der Waals surface area contributed by atoms with Gasteiger partial charge in [0.2, 0.25) is 0 Å². The average Bonchev–Trinajstić information content (AvgIpc) is 2.87. The fourth-order valence-corrected chi connectivity index (χ4v) is 2.19. The summed E-state index contributed by atoms with van der Waals surface area (Å²) in [6.45, 7) is 0. The van der Waals surface area contributed by atoms with Crippen LogP contribution >= 0.6 is 0 Å². The number of anilines is 1. The zero-order valence-electron chi connectivity index (χ0n) is 10.4. The molecular weight excluding hydrogens is 271 g/mol. The summed E-state index contributed by atoms with van der Waals surface area (Å²) in [4.78, 5) is 7.20. The minimum Gasteiger partial charge on any atom is -0.367 e. The first-order valence-electron chi connectivity index (χ1n) is 6.23. The Kier molecular flexibility index (Phi) is 3.07. The first-order chi connectivity index (χ1) is 9.54. The summed E-state index contributed by atoms with van der Waals surface area (Å²) in [6.07, 6.45) is 3.33. The highest BCUT2D eigenvalue weighted by Gasteiger charge is 2.34. The van der Waals surface area contributed by atoms with Gasteiger partial charge in [-0.1, -0.05) is 12.2 Å². The van der Waals surface area contributed by atoms with Crippen molar-refractivity contribution in [3.8, 4) is 0 Å². The van der Waals surface area contributed by atoms with Crippen LogP contribution in [0, 0.1) is 0 Å². The van der Waals surface area contributed by atoms with Crippen molar-refractivity contribution in [2.75, 3.05) is 5.32 Å². The van der Waals surface area contributed by atoms with Gasteiger partial charge < -0.3 is 5.32 Å². The fraction of sp³-hybridized carbons (Fsp3) is 0.417. The van der Waals surface area contributed by atoms with Crippen molar-refractivity contribution < 1.29 is 13.2 Å². The molecule has 1 atom stereocenters. The van der Waals surface area contributed by atoms with Crippen LogP contribution in [0.1, 0.15) is 25.0 Å². The molecule has 0 saturated heterocycles. The van der Waals surface area contributed by atoms with E-state index < -0.39 is 11.9 Å². The van der Waals surface area contributed by atoms with Crippen molar-refractivity contribution in [1.29, 1.82) is 0 Å². The Morgan fingerprint density at radius 3 is 2.85 bits per heavy atom. The normalized spacial score (nSPS) is 19.4. The summed E-state index contributed by atoms with van der Waals surface area (Å²) < 4.78 is 39.8. The molecule has 2 aromatic heterocycles. The number of hydrogen-bond donors (Lipinski definition) is 1. The highest BCUT2D eigenvalue weighted by Crippen LogP contribution is 2.30. The molecular formula is C12H12F3N5. The molecule has 5 nitrogen and oxygen atoms in total. The van der Waals surface area contributed by atoms with Crippen molar-refractivity contribution in [3.05, 3.63) is 30.2 Å². The summed E-state index contributed by atoms with van der Waals surface area (Å²) >= 11 is 0. The smallest absolute Gasteiger partial charge is 0.367 e. The molecule has 0 radical (unpaired) electrons. The van der Waals surface area contributed by atoms with Crippen LogP contribution in [-0.2, 0) is 6.18 Å². The topological polar surface area (TPSA) is 55.1 Å². The third-order valence-corrected chi connectivity index (χ3v) is 3.16. The number of allylic oxidation sites excluding steroid dienone is 1. The third kappa shape index (κ3) is 2.45. The lowest BCUT2D eigenvalue weighted by molar-refractivity contribution is -0.141. The van der Waals surface area contributed by atoms with Gasteiger partial charge in [0.15, 0.2) is 5.69 Å². The molecule has 0 bridgehead atoms. The first-order valence-corrected chi connectivity index (χ1v) is 6.23. The number of nitrogens with one attached hydrogen (secondary N) is 1. The maximum Gasteiger partial charge on any atom is 0.433 e. The summed E-state index contributed by atoms with van der Waals surface area (Å²) in [6, 6.07) is 1.07. The van der Waals surface area contributed by atoms with Gasteiger partial charge in [-0.15, -0.1) is 0 Å². The van der Waals surface area contributed by atoms with Gasteiger partial charge in [0, 0.05) is 12.1 Å². The molecule has 0 aliphatic heterocycles. The molecule has 0 aromatic carbocycles. The zero-order valence-corrected chi connectivity index (χ0v) is 10.4. The molecule has 0 spiro atoms. The highest BCUT2D eigenvalue weighted by atomic mass is 19.4. The van der Waals surface area contributed by atoms with Gasteiger partial charge in [0.25, 0.3) is 5.78 Å². The maximum atomic E-state index is 12.8. The van der Waals surface area contributed by atoms with Crippen LogP contribution in [0.3, 0.4) is 0 Å². The third-order valence-electron chi connectivity index (χ3n) is 3.16. The molecule has 1 aliphatic rings. The van der Waals surface area contributed by atoms with E-state index in [9.17, 15) is 13.2 Å². The van der Waals surface area contributed by atoms with Gasteiger partial charge >= 0.3 is 6.18 Å². The molecule has 0 saturated carbocycles. The van der Waals surface area contributed by atoms with E-state index in [2.05, 4.69) is 26.5 Å². The van der Waals surface area contributed by atoms with E-state index >= 15 is 0 Å². The van der Waals surface area contributed by atoms with E-state index in [1.54, 1.807) is 0 Å². The molecule has 2 aromatic rings. The second-order valence-corrected chi connectivity index (χ2v) is 4.62. The van der Waals surface area contributed by atoms with Crippen molar-refractivity contribution >= 4 is 11.6 Å². The molecule has 106 valence electrons. The van der Waals surface area contributed by atoms with Gasteiger partial charge in [-0.25, -0.2) is 4.98 Å². The summed E-state index contributed by atoms with van der Waals surface area (Å²) in [5.74, 6) is 0.203. The second-order valence-electron chi connectivity index (χ2n) is 4.62. The number of rotatable bonds is 2. The summed E-state index contributed by atoms with van der Waals surface area (Å²) in [5.41, 5.74) is -0.966. The Balaban J connectivity index is 1.99. The molecule has 1 aliphatic carbocycles.